The molecule has 2 amide bonds. The Morgan fingerprint density at radius 1 is 1.19 bits per heavy atom. The third kappa shape index (κ3) is 3.96. The maximum absolute atomic E-state index is 12.5. The number of rotatable bonds is 5. The number of carbonyl (C=O) groups excluding carboxylic acids is 2. The molecule has 0 radical (unpaired) electrons. The van der Waals surface area contributed by atoms with Gasteiger partial charge in [-0.15, -0.1) is 11.8 Å². The smallest absolute Gasteiger partial charge is 0.480 e. The Kier molecular flexibility index (Phi) is 6.81. The minimum atomic E-state index is -1.44. The van der Waals surface area contributed by atoms with E-state index in [-0.39, 0.29) is 51.4 Å². The van der Waals surface area contributed by atoms with Gasteiger partial charge >= 0.3 is 63.3 Å². The van der Waals surface area contributed by atoms with Gasteiger partial charge in [-0.05, 0) is 19.4 Å². The number of carbonyl (C=O) groups is 4. The van der Waals surface area contributed by atoms with E-state index in [0.29, 0.717) is 5.56 Å². The quantitative estimate of drug-likeness (QED) is 0.275. The van der Waals surface area contributed by atoms with E-state index in [0.717, 1.165) is 0 Å². The molecule has 2 aliphatic rings. The van der Waals surface area contributed by atoms with Crippen LogP contribution in [0.5, 0.6) is 0 Å². The summed E-state index contributed by atoms with van der Waals surface area (Å²) >= 11 is 1.29. The summed E-state index contributed by atoms with van der Waals surface area (Å²) in [4.78, 5) is 49.2. The van der Waals surface area contributed by atoms with Gasteiger partial charge in [0.25, 0.3) is 0 Å². The standard InChI is InChI=1S/C17H18N2O6S.K/c1-17(2)11(16(24)25)19-13(21)10(14(19)26-17)18-12(20)9(15(22)23)8-6-4-3-5-7-8;/h3-7,9-11,14H,1-2H3,(H,18,20)(H,22,23)(H,24,25);/q;+1/t9?,10-,11+,14-;/m1./s1. The van der Waals surface area contributed by atoms with E-state index in [4.69, 9.17) is 0 Å². The fourth-order valence-electron chi connectivity index (χ4n) is 3.43. The summed E-state index contributed by atoms with van der Waals surface area (Å²) in [5, 5.41) is 20.8. The Bertz CT molecular complexity index is 787. The first kappa shape index (κ1) is 22.4. The molecule has 2 saturated heterocycles. The number of aliphatic carboxylic acids is 2. The van der Waals surface area contributed by atoms with Gasteiger partial charge in [0.15, 0.2) is 5.92 Å². The van der Waals surface area contributed by atoms with Crippen LogP contribution in [0, 0.1) is 0 Å². The van der Waals surface area contributed by atoms with Crippen LogP contribution in [0.15, 0.2) is 30.3 Å². The average Bonchev–Trinajstić information content (AvgIpc) is 2.82. The molecule has 10 heteroatoms. The molecule has 8 nitrogen and oxygen atoms in total. The molecule has 1 aromatic carbocycles. The number of hydrogen-bond donors (Lipinski definition) is 3. The predicted octanol–water partition coefficient (Wildman–Crippen LogP) is -2.51. The van der Waals surface area contributed by atoms with Gasteiger partial charge in [0.05, 0.1) is 0 Å². The van der Waals surface area contributed by atoms with Crippen LogP contribution in [0.2, 0.25) is 0 Å². The van der Waals surface area contributed by atoms with Crippen LogP contribution in [-0.4, -0.2) is 61.1 Å². The molecule has 2 heterocycles. The molecule has 0 aliphatic carbocycles. The zero-order valence-corrected chi connectivity index (χ0v) is 19.0. The molecule has 0 aromatic heterocycles. The SMILES string of the molecule is CC1(C)S[C@@H]2[C@H](NC(=O)C(C(=O)O)c3ccccc3)C(=O)N2[C@H]1C(=O)O.[K+]. The van der Waals surface area contributed by atoms with Crippen molar-refractivity contribution >= 4 is 35.5 Å². The molecule has 1 aromatic rings. The number of fused-ring (bicyclic) bond motifs is 1. The summed E-state index contributed by atoms with van der Waals surface area (Å²) in [7, 11) is 0. The van der Waals surface area contributed by atoms with Gasteiger partial charge in [-0.2, -0.15) is 0 Å². The molecule has 0 bridgehead atoms. The largest absolute Gasteiger partial charge is 1.00 e. The average molecular weight is 418 g/mol. The Morgan fingerprint density at radius 3 is 2.30 bits per heavy atom. The third-order valence-corrected chi connectivity index (χ3v) is 6.19. The van der Waals surface area contributed by atoms with Gasteiger partial charge in [-0.1, -0.05) is 30.3 Å². The molecule has 4 atom stereocenters. The fraction of sp³-hybridized carbons (Fsp3) is 0.412. The second kappa shape index (κ2) is 8.22. The zero-order valence-electron chi connectivity index (χ0n) is 15.1. The molecule has 2 fully saturated rings. The number of benzene rings is 1. The van der Waals surface area contributed by atoms with Crippen molar-refractivity contribution in [1.82, 2.24) is 10.2 Å². The third-order valence-electron chi connectivity index (χ3n) is 4.61. The molecule has 1 unspecified atom stereocenters. The van der Waals surface area contributed by atoms with E-state index < -0.39 is 51.9 Å². The van der Waals surface area contributed by atoms with Crippen LogP contribution in [-0.2, 0) is 19.2 Å². The molecule has 138 valence electrons. The Labute approximate surface area is 202 Å². The van der Waals surface area contributed by atoms with Gasteiger partial charge in [0.2, 0.25) is 11.8 Å². The van der Waals surface area contributed by atoms with Gasteiger partial charge < -0.3 is 20.4 Å². The molecular formula is C17H18KN2O6S+. The normalized spacial score (nSPS) is 26.2. The summed E-state index contributed by atoms with van der Waals surface area (Å²) in [6.07, 6.45) is 0. The summed E-state index contributed by atoms with van der Waals surface area (Å²) in [5.41, 5.74) is 0.309. The minimum absolute atomic E-state index is 0. The number of nitrogens with zero attached hydrogens (tertiary/aromatic N) is 1. The van der Waals surface area contributed by atoms with E-state index in [1.807, 2.05) is 0 Å². The van der Waals surface area contributed by atoms with E-state index >= 15 is 0 Å². The van der Waals surface area contributed by atoms with Crippen LogP contribution >= 0.6 is 11.8 Å². The van der Waals surface area contributed by atoms with Crippen molar-refractivity contribution in [3.05, 3.63) is 35.9 Å². The number of nitrogens with one attached hydrogen (secondary N) is 1. The van der Waals surface area contributed by atoms with Crippen molar-refractivity contribution in [2.24, 2.45) is 0 Å². The van der Waals surface area contributed by atoms with Crippen molar-refractivity contribution in [1.29, 1.82) is 0 Å². The van der Waals surface area contributed by atoms with Crippen molar-refractivity contribution in [2.45, 2.75) is 42.0 Å². The number of thioether (sulfide) groups is 1. The second-order valence-electron chi connectivity index (χ2n) is 6.77. The van der Waals surface area contributed by atoms with E-state index in [2.05, 4.69) is 5.32 Å². The number of carboxylic acid groups (broad SMARTS) is 2. The number of carboxylic acids is 2. The summed E-state index contributed by atoms with van der Waals surface area (Å²) < 4.78 is -0.711. The summed E-state index contributed by atoms with van der Waals surface area (Å²) in [5.74, 6) is -5.16. The van der Waals surface area contributed by atoms with E-state index in [1.54, 1.807) is 32.0 Å². The van der Waals surface area contributed by atoms with Gasteiger partial charge in [0.1, 0.15) is 17.5 Å². The number of amides is 2. The van der Waals surface area contributed by atoms with E-state index in [9.17, 15) is 29.4 Å². The fourth-order valence-corrected chi connectivity index (χ4v) is 5.06. The Morgan fingerprint density at radius 2 is 1.78 bits per heavy atom. The second-order valence-corrected chi connectivity index (χ2v) is 8.54. The molecular weight excluding hydrogens is 399 g/mol. The Hall–Kier alpha value is -0.914. The molecule has 2 aliphatic heterocycles. The van der Waals surface area contributed by atoms with Gasteiger partial charge in [0, 0.05) is 4.75 Å². The van der Waals surface area contributed by atoms with Gasteiger partial charge in [-0.3, -0.25) is 14.4 Å². The molecule has 3 rings (SSSR count). The zero-order chi connectivity index (χ0) is 19.2. The van der Waals surface area contributed by atoms with Crippen molar-refractivity contribution in [2.75, 3.05) is 0 Å². The van der Waals surface area contributed by atoms with Crippen LogP contribution in [0.4, 0.5) is 0 Å². The Balaban J connectivity index is 0.00000261. The maximum atomic E-state index is 12.5. The van der Waals surface area contributed by atoms with Crippen molar-refractivity contribution in [3.63, 3.8) is 0 Å². The van der Waals surface area contributed by atoms with Crippen LogP contribution in [0.3, 0.4) is 0 Å². The topological polar surface area (TPSA) is 124 Å². The summed E-state index contributed by atoms with van der Waals surface area (Å²) in [6, 6.07) is 6.10. The van der Waals surface area contributed by atoms with Crippen LogP contribution in [0.25, 0.3) is 0 Å². The minimum Gasteiger partial charge on any atom is -0.480 e. The summed E-state index contributed by atoms with van der Waals surface area (Å²) in [6.45, 7) is 3.45. The molecule has 0 spiro atoms. The van der Waals surface area contributed by atoms with Gasteiger partial charge in [-0.25, -0.2) is 4.79 Å². The van der Waals surface area contributed by atoms with Crippen molar-refractivity contribution < 1.29 is 80.8 Å². The van der Waals surface area contributed by atoms with E-state index in [1.165, 1.54) is 28.8 Å². The first-order valence-electron chi connectivity index (χ1n) is 7.96. The van der Waals surface area contributed by atoms with Crippen LogP contribution in [0.1, 0.15) is 25.3 Å². The number of β-lactam (4-membered cyclic amide) rings is 1. The monoisotopic (exact) mass is 417 g/mol. The molecule has 27 heavy (non-hydrogen) atoms. The maximum Gasteiger partial charge on any atom is 1.00 e. The molecule has 3 N–H and O–H groups in total. The molecule has 0 saturated carbocycles. The predicted molar refractivity (Wildman–Crippen MR) is 92.5 cm³/mol. The van der Waals surface area contributed by atoms with Crippen molar-refractivity contribution in [3.8, 4) is 0 Å². The van der Waals surface area contributed by atoms with Crippen LogP contribution < -0.4 is 56.7 Å². The first-order valence-corrected chi connectivity index (χ1v) is 8.84. The number of hydrogen-bond acceptors (Lipinski definition) is 5. The first-order chi connectivity index (χ1) is 12.1.